The van der Waals surface area contributed by atoms with E-state index in [-0.39, 0.29) is 18.2 Å². The molecular formula is C24H32ClFN3O4PS. The van der Waals surface area contributed by atoms with Gasteiger partial charge in [0.2, 0.25) is 5.91 Å². The van der Waals surface area contributed by atoms with E-state index in [9.17, 15) is 14.0 Å². The van der Waals surface area contributed by atoms with Crippen LogP contribution in [0.2, 0.25) is 5.02 Å². The predicted molar refractivity (Wildman–Crippen MR) is 141 cm³/mol. The monoisotopic (exact) mass is 543 g/mol. The van der Waals surface area contributed by atoms with Crippen LogP contribution < -0.4 is 15.5 Å². The Morgan fingerprint density at radius 1 is 1.17 bits per heavy atom. The lowest BCUT2D eigenvalue weighted by Crippen LogP contribution is -2.38. The third-order valence-corrected chi connectivity index (χ3v) is 6.81. The van der Waals surface area contributed by atoms with Crippen molar-refractivity contribution in [2.45, 2.75) is 43.9 Å². The fraction of sp³-hybridized carbons (Fsp3) is 0.417. The van der Waals surface area contributed by atoms with E-state index in [0.717, 1.165) is 37.6 Å². The number of halogens is 2. The van der Waals surface area contributed by atoms with Gasteiger partial charge in [0.1, 0.15) is 5.75 Å². The number of nitrogens with zero attached hydrogens (tertiary/aromatic N) is 2. The van der Waals surface area contributed by atoms with E-state index in [4.69, 9.17) is 21.5 Å². The molecule has 0 bridgehead atoms. The second-order valence-corrected chi connectivity index (χ2v) is 10.2. The summed E-state index contributed by atoms with van der Waals surface area (Å²) in [4.78, 5) is 26.3. The molecule has 35 heavy (non-hydrogen) atoms. The van der Waals surface area contributed by atoms with E-state index >= 15 is 0 Å². The van der Waals surface area contributed by atoms with Crippen LogP contribution in [0.15, 0.2) is 41.3 Å². The molecule has 2 aromatic rings. The van der Waals surface area contributed by atoms with Gasteiger partial charge in [-0.05, 0) is 54.8 Å². The van der Waals surface area contributed by atoms with Crippen molar-refractivity contribution in [3.05, 3.63) is 47.2 Å². The lowest BCUT2D eigenvalue weighted by Gasteiger charge is -2.24. The van der Waals surface area contributed by atoms with Crippen LogP contribution in [0.5, 0.6) is 11.5 Å². The smallest absolute Gasteiger partial charge is 0.258 e. The highest BCUT2D eigenvalue weighted by Crippen LogP contribution is 2.30. The number of likely N-dealkylation sites (N-methyl/N-ethyl adjacent to an activating group) is 1. The van der Waals surface area contributed by atoms with Gasteiger partial charge in [0.15, 0.2) is 11.6 Å². The van der Waals surface area contributed by atoms with Crippen molar-refractivity contribution in [1.29, 1.82) is 0 Å². The molecule has 0 heterocycles. The van der Waals surface area contributed by atoms with Crippen LogP contribution in [0.3, 0.4) is 0 Å². The summed E-state index contributed by atoms with van der Waals surface area (Å²) < 4.78 is 22.2. The van der Waals surface area contributed by atoms with Crippen LogP contribution in [0.1, 0.15) is 39.0 Å². The number of unbranched alkanes of at least 4 members (excludes halogenated alkanes) is 3. The second kappa shape index (κ2) is 15.3. The Kier molecular flexibility index (Phi) is 12.8. The largest absolute Gasteiger partial charge is 0.454 e. The first-order valence-electron chi connectivity index (χ1n) is 11.4. The molecule has 1 unspecified atom stereocenters. The highest BCUT2D eigenvalue weighted by Gasteiger charge is 2.18. The molecule has 0 aromatic heterocycles. The summed E-state index contributed by atoms with van der Waals surface area (Å²) in [7, 11) is 4.17. The normalized spacial score (nSPS) is 10.9. The Labute approximate surface area is 217 Å². The van der Waals surface area contributed by atoms with Crippen molar-refractivity contribution in [1.82, 2.24) is 14.7 Å². The molecule has 0 aliphatic rings. The first-order chi connectivity index (χ1) is 16.7. The summed E-state index contributed by atoms with van der Waals surface area (Å²) >= 11 is 7.04. The summed E-state index contributed by atoms with van der Waals surface area (Å²) in [6.07, 6.45) is 4.57. The predicted octanol–water partition coefficient (Wildman–Crippen LogP) is 5.02. The van der Waals surface area contributed by atoms with Crippen molar-refractivity contribution in [2.75, 3.05) is 26.7 Å². The van der Waals surface area contributed by atoms with E-state index in [2.05, 4.69) is 16.2 Å². The van der Waals surface area contributed by atoms with Gasteiger partial charge in [0.05, 0.1) is 6.54 Å². The van der Waals surface area contributed by atoms with Gasteiger partial charge in [-0.2, -0.15) is 0 Å². The third kappa shape index (κ3) is 10.3. The minimum atomic E-state index is -0.611. The molecule has 2 amide bonds. The second-order valence-electron chi connectivity index (χ2n) is 8.00. The molecule has 0 saturated heterocycles. The molecule has 2 aromatic carbocycles. The van der Waals surface area contributed by atoms with Gasteiger partial charge < -0.3 is 9.64 Å². The Hall–Kier alpha value is -1.90. The number of hydrogen-bond acceptors (Lipinski definition) is 6. The summed E-state index contributed by atoms with van der Waals surface area (Å²) in [5.41, 5.74) is 1.61. The molecule has 2 N–H and O–H groups in total. The molecule has 0 spiro atoms. The van der Waals surface area contributed by atoms with Gasteiger partial charge in [0, 0.05) is 41.8 Å². The van der Waals surface area contributed by atoms with Crippen molar-refractivity contribution in [2.24, 2.45) is 0 Å². The van der Waals surface area contributed by atoms with Crippen LogP contribution in [-0.2, 0) is 9.59 Å². The Bertz CT molecular complexity index is 961. The highest BCUT2D eigenvalue weighted by atomic mass is 35.5. The number of nitrogens with one attached hydrogen (secondary N) is 1. The topological polar surface area (TPSA) is 82.1 Å². The maximum atomic E-state index is 14.9. The van der Waals surface area contributed by atoms with Crippen LogP contribution >= 0.6 is 32.8 Å². The SMILES string of the molecule is CCCCCCC(=O)N(C)CCN(CC(=O)NO)Sc1cc(F)c(Oc2ccc(Cl)cc2)c(P)c1. The molecule has 0 aliphatic carbocycles. The van der Waals surface area contributed by atoms with Crippen molar-refractivity contribution >= 4 is 49.9 Å². The first kappa shape index (κ1) is 29.3. The van der Waals surface area contributed by atoms with Gasteiger partial charge in [0.25, 0.3) is 5.91 Å². The maximum absolute atomic E-state index is 14.9. The van der Waals surface area contributed by atoms with E-state index in [1.165, 1.54) is 6.07 Å². The van der Waals surface area contributed by atoms with Gasteiger partial charge in [-0.1, -0.05) is 37.8 Å². The molecular weight excluding hydrogens is 512 g/mol. The number of hydroxylamine groups is 1. The molecule has 2 rings (SSSR count). The number of carbonyl (C=O) groups excluding carboxylic acids is 2. The zero-order valence-corrected chi connectivity index (χ0v) is 22.7. The lowest BCUT2D eigenvalue weighted by atomic mass is 10.1. The minimum Gasteiger partial charge on any atom is -0.454 e. The van der Waals surface area contributed by atoms with E-state index in [0.29, 0.717) is 40.5 Å². The average molecular weight is 544 g/mol. The lowest BCUT2D eigenvalue weighted by molar-refractivity contribution is -0.130. The number of ether oxygens (including phenoxy) is 1. The minimum absolute atomic E-state index is 0.0413. The van der Waals surface area contributed by atoms with Gasteiger partial charge in [-0.3, -0.25) is 14.8 Å². The summed E-state index contributed by atoms with van der Waals surface area (Å²) in [6.45, 7) is 2.70. The van der Waals surface area contributed by atoms with Crippen molar-refractivity contribution in [3.63, 3.8) is 0 Å². The molecule has 1 atom stereocenters. The third-order valence-electron chi connectivity index (χ3n) is 5.11. The fourth-order valence-electron chi connectivity index (χ4n) is 3.15. The van der Waals surface area contributed by atoms with Crippen LogP contribution in [0.25, 0.3) is 0 Å². The van der Waals surface area contributed by atoms with Crippen molar-refractivity contribution < 1.29 is 23.9 Å². The van der Waals surface area contributed by atoms with E-state index in [1.54, 1.807) is 52.1 Å². The molecule has 0 fully saturated rings. The quantitative estimate of drug-likeness (QED) is 0.115. The van der Waals surface area contributed by atoms with Crippen LogP contribution in [0.4, 0.5) is 4.39 Å². The summed E-state index contributed by atoms with van der Waals surface area (Å²) in [5.74, 6) is -0.628. The van der Waals surface area contributed by atoms with Crippen molar-refractivity contribution in [3.8, 4) is 11.5 Å². The number of amides is 2. The highest BCUT2D eigenvalue weighted by molar-refractivity contribution is 7.97. The summed E-state index contributed by atoms with van der Waals surface area (Å²) in [6, 6.07) is 9.62. The number of carbonyl (C=O) groups is 2. The molecule has 192 valence electrons. The molecule has 0 aliphatic heterocycles. The number of hydrogen-bond donors (Lipinski definition) is 2. The van der Waals surface area contributed by atoms with E-state index < -0.39 is 11.7 Å². The first-order valence-corrected chi connectivity index (χ1v) is 13.1. The molecule has 0 saturated carbocycles. The number of rotatable bonds is 14. The summed E-state index contributed by atoms with van der Waals surface area (Å²) in [5, 5.41) is 9.99. The zero-order chi connectivity index (χ0) is 25.8. The van der Waals surface area contributed by atoms with Crippen LogP contribution in [-0.4, -0.2) is 52.9 Å². The molecule has 0 radical (unpaired) electrons. The Balaban J connectivity index is 2.04. The standard InChI is InChI=1S/C24H32ClFN3O4PS/c1-3-4-5-6-7-23(31)28(2)12-13-29(16-22(30)27-32)35-19-14-20(26)24(21(34)15-19)33-18-10-8-17(25)9-11-18/h8-11,14-15,32H,3-7,12-13,16,34H2,1-2H3,(H,27,30). The Morgan fingerprint density at radius 2 is 1.89 bits per heavy atom. The van der Waals surface area contributed by atoms with Crippen LogP contribution in [0, 0.1) is 5.82 Å². The fourth-order valence-corrected chi connectivity index (χ4v) is 4.76. The van der Waals surface area contributed by atoms with Gasteiger partial charge >= 0.3 is 0 Å². The van der Waals surface area contributed by atoms with Gasteiger partial charge in [-0.15, -0.1) is 9.24 Å². The Morgan fingerprint density at radius 3 is 2.51 bits per heavy atom. The molecule has 7 nitrogen and oxygen atoms in total. The van der Waals surface area contributed by atoms with Gasteiger partial charge in [-0.25, -0.2) is 14.2 Å². The van der Waals surface area contributed by atoms with E-state index in [1.807, 2.05) is 0 Å². The maximum Gasteiger partial charge on any atom is 0.258 e. The number of benzene rings is 2. The average Bonchev–Trinajstić information content (AvgIpc) is 2.83. The molecule has 11 heteroatoms. The zero-order valence-electron chi connectivity index (χ0n) is 19.9.